The van der Waals surface area contributed by atoms with Crippen molar-refractivity contribution in [2.75, 3.05) is 12.4 Å². The molecular formula is C15H13ClFNO2. The van der Waals surface area contributed by atoms with Crippen LogP contribution in [-0.2, 0) is 11.2 Å². The highest BCUT2D eigenvalue weighted by molar-refractivity contribution is 6.33. The highest BCUT2D eigenvalue weighted by Crippen LogP contribution is 2.22. The van der Waals surface area contributed by atoms with Crippen LogP contribution in [0.5, 0.6) is 5.75 Å². The van der Waals surface area contributed by atoms with E-state index >= 15 is 0 Å². The maximum atomic E-state index is 12.9. The molecule has 1 N–H and O–H groups in total. The van der Waals surface area contributed by atoms with Gasteiger partial charge in [0, 0.05) is 0 Å². The van der Waals surface area contributed by atoms with E-state index in [0.29, 0.717) is 11.4 Å². The Kier molecular flexibility index (Phi) is 4.58. The highest BCUT2D eigenvalue weighted by Gasteiger charge is 2.08. The van der Waals surface area contributed by atoms with Crippen LogP contribution in [0.4, 0.5) is 10.1 Å². The van der Waals surface area contributed by atoms with Gasteiger partial charge >= 0.3 is 0 Å². The van der Waals surface area contributed by atoms with Gasteiger partial charge in [0.1, 0.15) is 11.6 Å². The van der Waals surface area contributed by atoms with Crippen molar-refractivity contribution in [1.82, 2.24) is 0 Å². The van der Waals surface area contributed by atoms with Gasteiger partial charge in [-0.1, -0.05) is 23.7 Å². The van der Waals surface area contributed by atoms with Crippen LogP contribution < -0.4 is 10.1 Å². The minimum absolute atomic E-state index is 0.170. The largest absolute Gasteiger partial charge is 0.497 e. The van der Waals surface area contributed by atoms with E-state index in [2.05, 4.69) is 5.32 Å². The molecule has 0 bridgehead atoms. The van der Waals surface area contributed by atoms with Crippen LogP contribution >= 0.6 is 11.6 Å². The van der Waals surface area contributed by atoms with Crippen molar-refractivity contribution in [3.05, 3.63) is 58.9 Å². The molecule has 2 aromatic rings. The number of halogens is 2. The quantitative estimate of drug-likeness (QED) is 0.934. The van der Waals surface area contributed by atoms with Gasteiger partial charge in [0.25, 0.3) is 0 Å². The van der Waals surface area contributed by atoms with Gasteiger partial charge in [-0.25, -0.2) is 4.39 Å². The van der Waals surface area contributed by atoms with E-state index in [9.17, 15) is 9.18 Å². The van der Waals surface area contributed by atoms with E-state index in [-0.39, 0.29) is 17.4 Å². The Labute approximate surface area is 121 Å². The van der Waals surface area contributed by atoms with Gasteiger partial charge in [-0.05, 0) is 35.9 Å². The van der Waals surface area contributed by atoms with Crippen LogP contribution in [0, 0.1) is 5.82 Å². The summed E-state index contributed by atoms with van der Waals surface area (Å²) >= 11 is 5.85. The SMILES string of the molecule is COc1cccc(CC(=O)Nc2ccc(F)cc2Cl)c1. The molecule has 3 nitrogen and oxygen atoms in total. The molecule has 1 amide bonds. The first-order chi connectivity index (χ1) is 9.58. The van der Waals surface area contributed by atoms with Crippen LogP contribution in [0.3, 0.4) is 0 Å². The predicted octanol–water partition coefficient (Wildman–Crippen LogP) is 3.67. The van der Waals surface area contributed by atoms with Gasteiger partial charge in [0.2, 0.25) is 5.91 Å². The Morgan fingerprint density at radius 1 is 1.30 bits per heavy atom. The van der Waals surface area contributed by atoms with Crippen LogP contribution in [0.1, 0.15) is 5.56 Å². The van der Waals surface area contributed by atoms with Crippen molar-refractivity contribution in [1.29, 1.82) is 0 Å². The molecule has 104 valence electrons. The fourth-order valence-corrected chi connectivity index (χ4v) is 1.97. The number of ether oxygens (including phenoxy) is 1. The van der Waals surface area contributed by atoms with Gasteiger partial charge in [-0.15, -0.1) is 0 Å². The first kappa shape index (κ1) is 14.3. The molecule has 0 heterocycles. The Hall–Kier alpha value is -2.07. The summed E-state index contributed by atoms with van der Waals surface area (Å²) in [5.41, 5.74) is 1.21. The fourth-order valence-electron chi connectivity index (χ4n) is 1.75. The molecular weight excluding hydrogens is 281 g/mol. The average molecular weight is 294 g/mol. The third-order valence-electron chi connectivity index (χ3n) is 2.70. The first-order valence-corrected chi connectivity index (χ1v) is 6.34. The molecule has 0 radical (unpaired) electrons. The average Bonchev–Trinajstić information content (AvgIpc) is 2.42. The molecule has 0 atom stereocenters. The summed E-state index contributed by atoms with van der Waals surface area (Å²) in [4.78, 5) is 11.9. The van der Waals surface area contributed by atoms with E-state index in [1.54, 1.807) is 19.2 Å². The summed E-state index contributed by atoms with van der Waals surface area (Å²) in [6, 6.07) is 11.1. The number of anilines is 1. The number of rotatable bonds is 4. The van der Waals surface area contributed by atoms with Gasteiger partial charge in [0.05, 0.1) is 24.2 Å². The third-order valence-corrected chi connectivity index (χ3v) is 3.02. The summed E-state index contributed by atoms with van der Waals surface area (Å²) in [5, 5.41) is 2.82. The van der Waals surface area contributed by atoms with Crippen LogP contribution in [0.25, 0.3) is 0 Å². The van der Waals surface area contributed by atoms with Crippen molar-refractivity contribution in [2.45, 2.75) is 6.42 Å². The molecule has 2 aromatic carbocycles. The lowest BCUT2D eigenvalue weighted by Crippen LogP contribution is -2.14. The number of hydrogen-bond donors (Lipinski definition) is 1. The zero-order chi connectivity index (χ0) is 14.5. The molecule has 0 unspecified atom stereocenters. The second-order valence-corrected chi connectivity index (χ2v) is 4.61. The summed E-state index contributed by atoms with van der Waals surface area (Å²) in [7, 11) is 1.57. The molecule has 0 aromatic heterocycles. The van der Waals surface area contributed by atoms with Crippen molar-refractivity contribution >= 4 is 23.2 Å². The van der Waals surface area contributed by atoms with E-state index in [0.717, 1.165) is 11.6 Å². The summed E-state index contributed by atoms with van der Waals surface area (Å²) < 4.78 is 18.0. The lowest BCUT2D eigenvalue weighted by molar-refractivity contribution is -0.115. The van der Waals surface area contributed by atoms with Gasteiger partial charge in [-0.2, -0.15) is 0 Å². The molecule has 0 saturated carbocycles. The Morgan fingerprint density at radius 3 is 2.80 bits per heavy atom. The van der Waals surface area contributed by atoms with E-state index < -0.39 is 5.82 Å². The van der Waals surface area contributed by atoms with Crippen LogP contribution in [-0.4, -0.2) is 13.0 Å². The van der Waals surface area contributed by atoms with E-state index in [1.165, 1.54) is 12.1 Å². The Morgan fingerprint density at radius 2 is 2.10 bits per heavy atom. The smallest absolute Gasteiger partial charge is 0.228 e. The number of nitrogens with one attached hydrogen (secondary N) is 1. The predicted molar refractivity (Wildman–Crippen MR) is 76.7 cm³/mol. The normalized spacial score (nSPS) is 10.2. The summed E-state index contributed by atoms with van der Waals surface area (Å²) in [6.07, 6.45) is 0.185. The van der Waals surface area contributed by atoms with Gasteiger partial charge in [0.15, 0.2) is 0 Å². The molecule has 0 aliphatic heterocycles. The van der Waals surface area contributed by atoms with E-state index in [1.807, 2.05) is 12.1 Å². The Bertz CT molecular complexity index is 631. The minimum atomic E-state index is -0.444. The molecule has 0 fully saturated rings. The lowest BCUT2D eigenvalue weighted by atomic mass is 10.1. The number of carbonyl (C=O) groups is 1. The van der Waals surface area contributed by atoms with Crippen LogP contribution in [0.15, 0.2) is 42.5 Å². The van der Waals surface area contributed by atoms with Crippen molar-refractivity contribution in [2.24, 2.45) is 0 Å². The molecule has 0 saturated heterocycles. The second-order valence-electron chi connectivity index (χ2n) is 4.20. The highest BCUT2D eigenvalue weighted by atomic mass is 35.5. The molecule has 0 aliphatic carbocycles. The monoisotopic (exact) mass is 293 g/mol. The fraction of sp³-hybridized carbons (Fsp3) is 0.133. The van der Waals surface area contributed by atoms with Gasteiger partial charge < -0.3 is 10.1 Å². The number of carbonyl (C=O) groups excluding carboxylic acids is 1. The maximum Gasteiger partial charge on any atom is 0.228 e. The first-order valence-electron chi connectivity index (χ1n) is 5.96. The number of amides is 1. The zero-order valence-corrected chi connectivity index (χ0v) is 11.6. The topological polar surface area (TPSA) is 38.3 Å². The maximum absolute atomic E-state index is 12.9. The molecule has 2 rings (SSSR count). The second kappa shape index (κ2) is 6.39. The van der Waals surface area contributed by atoms with Crippen molar-refractivity contribution in [3.63, 3.8) is 0 Å². The number of benzene rings is 2. The molecule has 20 heavy (non-hydrogen) atoms. The molecule has 0 aliphatic rings. The van der Waals surface area contributed by atoms with Crippen molar-refractivity contribution < 1.29 is 13.9 Å². The third kappa shape index (κ3) is 3.71. The van der Waals surface area contributed by atoms with Crippen molar-refractivity contribution in [3.8, 4) is 5.75 Å². The molecule has 0 spiro atoms. The van der Waals surface area contributed by atoms with Crippen LogP contribution in [0.2, 0.25) is 5.02 Å². The number of hydrogen-bond acceptors (Lipinski definition) is 2. The summed E-state index contributed by atoms with van der Waals surface area (Å²) in [5.74, 6) is 0.0164. The zero-order valence-electron chi connectivity index (χ0n) is 10.8. The molecule has 5 heteroatoms. The standard InChI is InChI=1S/C15H13ClFNO2/c1-20-12-4-2-3-10(7-12)8-15(19)18-14-6-5-11(17)9-13(14)16/h2-7,9H,8H2,1H3,(H,18,19). The minimum Gasteiger partial charge on any atom is -0.497 e. The van der Waals surface area contributed by atoms with Gasteiger partial charge in [-0.3, -0.25) is 4.79 Å². The Balaban J connectivity index is 2.05. The summed E-state index contributed by atoms with van der Waals surface area (Å²) in [6.45, 7) is 0. The number of methoxy groups -OCH3 is 1. The van der Waals surface area contributed by atoms with E-state index in [4.69, 9.17) is 16.3 Å². The lowest BCUT2D eigenvalue weighted by Gasteiger charge is -2.08.